The van der Waals surface area contributed by atoms with Gasteiger partial charge in [-0.15, -0.1) is 4.91 Å². The molecule has 0 aliphatic rings. The van der Waals surface area contributed by atoms with Gasteiger partial charge in [-0.05, 0) is 42.8 Å². The number of pyridine rings is 1. The largest absolute Gasteiger partial charge is 0.355 e. The van der Waals surface area contributed by atoms with Crippen LogP contribution in [0.15, 0.2) is 72.0 Å². The summed E-state index contributed by atoms with van der Waals surface area (Å²) in [6, 6.07) is 18.1. The molecule has 0 bridgehead atoms. The fraction of sp³-hybridized carbons (Fsp3) is 0.105. The maximum absolute atomic E-state index is 11.3. The molecule has 1 atom stereocenters. The maximum Gasteiger partial charge on any atom is 0.160 e. The first-order valence-electron chi connectivity index (χ1n) is 7.54. The van der Waals surface area contributed by atoms with E-state index < -0.39 is 6.04 Å². The van der Waals surface area contributed by atoms with Crippen LogP contribution in [0.25, 0.3) is 0 Å². The van der Waals surface area contributed by atoms with Crippen LogP contribution in [0.2, 0.25) is 5.02 Å². The van der Waals surface area contributed by atoms with Crippen molar-refractivity contribution in [3.8, 4) is 0 Å². The summed E-state index contributed by atoms with van der Waals surface area (Å²) in [4.78, 5) is 15.5. The number of nitrogens with one attached hydrogen (secondary N) is 1. The van der Waals surface area contributed by atoms with Gasteiger partial charge in [0.1, 0.15) is 0 Å². The van der Waals surface area contributed by atoms with E-state index in [2.05, 4.69) is 15.5 Å². The number of aromatic nitrogens is 1. The molecule has 0 radical (unpaired) electrons. The van der Waals surface area contributed by atoms with E-state index in [0.29, 0.717) is 16.3 Å². The van der Waals surface area contributed by atoms with Crippen LogP contribution in [0.1, 0.15) is 22.9 Å². The molecular formula is C19H16ClN3O. The number of aryl methyl sites for hydroxylation is 1. The molecule has 1 N–H and O–H groups in total. The van der Waals surface area contributed by atoms with Gasteiger partial charge >= 0.3 is 0 Å². The minimum Gasteiger partial charge on any atom is -0.355 e. The summed E-state index contributed by atoms with van der Waals surface area (Å²) in [5.74, 6) is 0. The molecule has 1 aromatic heterocycles. The predicted octanol–water partition coefficient (Wildman–Crippen LogP) is 5.64. The SMILES string of the molecule is Cc1ccccc1Nc1ccc(C(N=O)c2ccccn2)c(Cl)c1. The molecule has 0 aliphatic carbocycles. The Bertz CT molecular complexity index is 852. The number of para-hydroxylation sites is 1. The van der Waals surface area contributed by atoms with Gasteiger partial charge in [-0.25, -0.2) is 0 Å². The lowest BCUT2D eigenvalue weighted by Crippen LogP contribution is -2.01. The molecule has 0 amide bonds. The van der Waals surface area contributed by atoms with E-state index >= 15 is 0 Å². The summed E-state index contributed by atoms with van der Waals surface area (Å²) in [6.45, 7) is 2.03. The molecule has 1 unspecified atom stereocenters. The molecule has 4 nitrogen and oxygen atoms in total. The van der Waals surface area contributed by atoms with Crippen LogP contribution in [0.4, 0.5) is 11.4 Å². The molecule has 2 aromatic carbocycles. The highest BCUT2D eigenvalue weighted by Crippen LogP contribution is 2.33. The Morgan fingerprint density at radius 3 is 2.54 bits per heavy atom. The van der Waals surface area contributed by atoms with Crippen molar-refractivity contribution in [2.75, 3.05) is 5.32 Å². The summed E-state index contributed by atoms with van der Waals surface area (Å²) < 4.78 is 0. The van der Waals surface area contributed by atoms with Gasteiger partial charge in [-0.3, -0.25) is 4.98 Å². The van der Waals surface area contributed by atoms with Gasteiger partial charge < -0.3 is 5.32 Å². The van der Waals surface area contributed by atoms with E-state index in [4.69, 9.17) is 11.6 Å². The van der Waals surface area contributed by atoms with Crippen molar-refractivity contribution in [3.05, 3.63) is 93.6 Å². The number of hydrogen-bond donors (Lipinski definition) is 1. The number of benzene rings is 2. The van der Waals surface area contributed by atoms with Gasteiger partial charge in [0.2, 0.25) is 0 Å². The monoisotopic (exact) mass is 337 g/mol. The summed E-state index contributed by atoms with van der Waals surface area (Å²) in [5, 5.41) is 7.00. The van der Waals surface area contributed by atoms with Crippen LogP contribution in [0.5, 0.6) is 0 Å². The lowest BCUT2D eigenvalue weighted by Gasteiger charge is -2.14. The van der Waals surface area contributed by atoms with E-state index in [9.17, 15) is 4.91 Å². The Morgan fingerprint density at radius 2 is 1.88 bits per heavy atom. The van der Waals surface area contributed by atoms with Crippen molar-refractivity contribution >= 4 is 23.0 Å². The van der Waals surface area contributed by atoms with Gasteiger partial charge in [-0.2, -0.15) is 0 Å². The zero-order valence-electron chi connectivity index (χ0n) is 13.1. The molecule has 1 heterocycles. The molecule has 0 aliphatic heterocycles. The van der Waals surface area contributed by atoms with Crippen LogP contribution in [-0.2, 0) is 0 Å². The predicted molar refractivity (Wildman–Crippen MR) is 97.8 cm³/mol. The van der Waals surface area contributed by atoms with Crippen LogP contribution in [0.3, 0.4) is 0 Å². The average Bonchev–Trinajstić information content (AvgIpc) is 2.60. The molecule has 3 rings (SSSR count). The molecule has 0 spiro atoms. The Morgan fingerprint density at radius 1 is 1.08 bits per heavy atom. The molecule has 0 saturated carbocycles. The number of nitroso groups, excluding NO2 is 1. The van der Waals surface area contributed by atoms with Crippen LogP contribution < -0.4 is 5.32 Å². The normalized spacial score (nSPS) is 11.8. The quantitative estimate of drug-likeness (QED) is 0.613. The van der Waals surface area contributed by atoms with Crippen molar-refractivity contribution in [3.63, 3.8) is 0 Å². The smallest absolute Gasteiger partial charge is 0.160 e. The summed E-state index contributed by atoms with van der Waals surface area (Å²) >= 11 is 6.39. The first-order chi connectivity index (χ1) is 11.7. The minimum absolute atomic E-state index is 0.476. The van der Waals surface area contributed by atoms with Gasteiger partial charge in [0, 0.05) is 28.2 Å². The van der Waals surface area contributed by atoms with Crippen molar-refractivity contribution in [2.45, 2.75) is 13.0 Å². The average molecular weight is 338 g/mol. The summed E-state index contributed by atoms with van der Waals surface area (Å²) in [6.07, 6.45) is 1.63. The van der Waals surface area contributed by atoms with Gasteiger partial charge in [0.25, 0.3) is 0 Å². The summed E-state index contributed by atoms with van der Waals surface area (Å²) in [5.41, 5.74) is 4.22. The van der Waals surface area contributed by atoms with Gasteiger partial charge in [0.05, 0.1) is 5.69 Å². The molecule has 0 saturated heterocycles. The highest BCUT2D eigenvalue weighted by atomic mass is 35.5. The Labute approximate surface area is 145 Å². The number of nitrogens with zero attached hydrogens (tertiary/aromatic N) is 2. The third-order valence-corrected chi connectivity index (χ3v) is 4.12. The van der Waals surface area contributed by atoms with Crippen molar-refractivity contribution in [1.29, 1.82) is 0 Å². The third kappa shape index (κ3) is 3.44. The number of rotatable bonds is 5. The van der Waals surface area contributed by atoms with E-state index in [1.54, 1.807) is 24.4 Å². The standard InChI is InChI=1S/C19H16ClN3O/c1-13-6-2-3-7-17(13)22-14-9-10-15(16(20)12-14)19(23-24)18-8-4-5-11-21-18/h2-12,19,22H,1H3. The van der Waals surface area contributed by atoms with E-state index in [1.165, 1.54) is 0 Å². The maximum atomic E-state index is 11.3. The fourth-order valence-electron chi connectivity index (χ4n) is 2.50. The first-order valence-corrected chi connectivity index (χ1v) is 7.92. The number of hydrogen-bond acceptors (Lipinski definition) is 4. The molecule has 3 aromatic rings. The van der Waals surface area contributed by atoms with Gasteiger partial charge in [-0.1, -0.05) is 47.1 Å². The van der Waals surface area contributed by atoms with Crippen LogP contribution in [-0.4, -0.2) is 4.98 Å². The van der Waals surface area contributed by atoms with Crippen molar-refractivity contribution < 1.29 is 0 Å². The molecule has 0 fully saturated rings. The summed E-state index contributed by atoms with van der Waals surface area (Å²) in [7, 11) is 0. The second-order valence-electron chi connectivity index (χ2n) is 5.44. The first kappa shape index (κ1) is 16.1. The molecular weight excluding hydrogens is 322 g/mol. The Balaban J connectivity index is 1.90. The third-order valence-electron chi connectivity index (χ3n) is 3.79. The highest BCUT2D eigenvalue weighted by molar-refractivity contribution is 6.31. The van der Waals surface area contributed by atoms with E-state index in [0.717, 1.165) is 16.9 Å². The number of anilines is 2. The molecule has 5 heteroatoms. The molecule has 24 heavy (non-hydrogen) atoms. The second kappa shape index (κ2) is 7.23. The lowest BCUT2D eigenvalue weighted by molar-refractivity contribution is 0.823. The lowest BCUT2D eigenvalue weighted by atomic mass is 10.0. The molecule has 120 valence electrons. The van der Waals surface area contributed by atoms with E-state index in [1.807, 2.05) is 49.4 Å². The van der Waals surface area contributed by atoms with Crippen molar-refractivity contribution in [1.82, 2.24) is 4.98 Å². The van der Waals surface area contributed by atoms with Gasteiger partial charge in [0.15, 0.2) is 6.04 Å². The van der Waals surface area contributed by atoms with E-state index in [-0.39, 0.29) is 0 Å². The number of halogens is 1. The minimum atomic E-state index is -0.716. The Kier molecular flexibility index (Phi) is 4.87. The second-order valence-corrected chi connectivity index (χ2v) is 5.85. The van der Waals surface area contributed by atoms with Crippen molar-refractivity contribution in [2.24, 2.45) is 5.18 Å². The van der Waals surface area contributed by atoms with Crippen LogP contribution in [0, 0.1) is 11.8 Å². The topological polar surface area (TPSA) is 54.4 Å². The highest BCUT2D eigenvalue weighted by Gasteiger charge is 2.19. The Hall–Kier alpha value is -2.72. The fourth-order valence-corrected chi connectivity index (χ4v) is 2.79. The van der Waals surface area contributed by atoms with Crippen LogP contribution >= 0.6 is 11.6 Å². The zero-order valence-corrected chi connectivity index (χ0v) is 13.9. The zero-order chi connectivity index (χ0) is 16.9.